The fourth-order valence-corrected chi connectivity index (χ4v) is 2.55. The van der Waals surface area contributed by atoms with Gasteiger partial charge in [-0.05, 0) is 47.9 Å². The van der Waals surface area contributed by atoms with Gasteiger partial charge in [-0.1, -0.05) is 12.1 Å². The van der Waals surface area contributed by atoms with Gasteiger partial charge < -0.3 is 15.4 Å². The number of anilines is 1. The molecule has 0 bridgehead atoms. The second kappa shape index (κ2) is 6.52. The molecule has 1 heterocycles. The fourth-order valence-electron chi connectivity index (χ4n) is 2.55. The van der Waals surface area contributed by atoms with E-state index in [-0.39, 0.29) is 11.8 Å². The van der Waals surface area contributed by atoms with E-state index in [9.17, 15) is 9.59 Å². The number of aryl methyl sites for hydroxylation is 1. The van der Waals surface area contributed by atoms with E-state index in [4.69, 9.17) is 4.74 Å². The van der Waals surface area contributed by atoms with Gasteiger partial charge in [0.2, 0.25) is 5.91 Å². The number of benzene rings is 2. The normalized spacial score (nSPS) is 13.0. The Hall–Kier alpha value is -2.82. The molecule has 0 saturated heterocycles. The largest absolute Gasteiger partial charge is 0.497 e. The second-order valence-electron chi connectivity index (χ2n) is 5.45. The number of carbonyl (C=O) groups excluding carboxylic acids is 2. The summed E-state index contributed by atoms with van der Waals surface area (Å²) in [7, 11) is 1.62. The molecule has 0 radical (unpaired) electrons. The highest BCUT2D eigenvalue weighted by Gasteiger charge is 2.16. The lowest BCUT2D eigenvalue weighted by Crippen LogP contribution is -2.24. The van der Waals surface area contributed by atoms with E-state index in [2.05, 4.69) is 10.6 Å². The molecular weight excluding hydrogens is 292 g/mol. The van der Waals surface area contributed by atoms with Gasteiger partial charge in [-0.3, -0.25) is 9.59 Å². The van der Waals surface area contributed by atoms with Crippen molar-refractivity contribution in [3.05, 3.63) is 59.2 Å². The Morgan fingerprint density at radius 2 is 1.96 bits per heavy atom. The highest BCUT2D eigenvalue weighted by atomic mass is 16.5. The average Bonchev–Trinajstić information content (AvgIpc) is 2.59. The first-order valence-electron chi connectivity index (χ1n) is 7.49. The monoisotopic (exact) mass is 310 g/mol. The molecule has 0 saturated carbocycles. The number of carbonyl (C=O) groups is 2. The summed E-state index contributed by atoms with van der Waals surface area (Å²) >= 11 is 0. The van der Waals surface area contributed by atoms with Crippen molar-refractivity contribution in [1.82, 2.24) is 5.32 Å². The third-order valence-electron chi connectivity index (χ3n) is 3.88. The van der Waals surface area contributed by atoms with Crippen LogP contribution in [0.25, 0.3) is 0 Å². The Balaban J connectivity index is 1.65. The second-order valence-corrected chi connectivity index (χ2v) is 5.45. The van der Waals surface area contributed by atoms with Crippen LogP contribution in [0.2, 0.25) is 0 Å². The molecule has 0 fully saturated rings. The van der Waals surface area contributed by atoms with Gasteiger partial charge in [0.25, 0.3) is 5.91 Å². The van der Waals surface area contributed by atoms with Crippen LogP contribution in [0.5, 0.6) is 5.75 Å². The van der Waals surface area contributed by atoms with E-state index in [1.54, 1.807) is 19.2 Å². The summed E-state index contributed by atoms with van der Waals surface area (Å²) in [6.45, 7) is 0.455. The van der Waals surface area contributed by atoms with Crippen molar-refractivity contribution in [3.8, 4) is 5.75 Å². The predicted molar refractivity (Wildman–Crippen MR) is 87.6 cm³/mol. The van der Waals surface area contributed by atoms with Crippen LogP contribution in [-0.4, -0.2) is 18.9 Å². The van der Waals surface area contributed by atoms with Gasteiger partial charge in [-0.25, -0.2) is 0 Å². The predicted octanol–water partition coefficient (Wildman–Crippen LogP) is 2.51. The van der Waals surface area contributed by atoms with Gasteiger partial charge in [0, 0.05) is 24.2 Å². The third-order valence-corrected chi connectivity index (χ3v) is 3.88. The van der Waals surface area contributed by atoms with E-state index >= 15 is 0 Å². The van der Waals surface area contributed by atoms with E-state index in [0.29, 0.717) is 24.9 Å². The van der Waals surface area contributed by atoms with Gasteiger partial charge >= 0.3 is 0 Å². The Morgan fingerprint density at radius 1 is 1.17 bits per heavy atom. The van der Waals surface area contributed by atoms with Crippen molar-refractivity contribution in [2.75, 3.05) is 12.4 Å². The molecule has 0 spiro atoms. The number of hydrogen-bond acceptors (Lipinski definition) is 3. The first kappa shape index (κ1) is 15.1. The lowest BCUT2D eigenvalue weighted by atomic mass is 10.00. The number of methoxy groups -OCH3 is 1. The molecule has 0 aliphatic carbocycles. The minimum Gasteiger partial charge on any atom is -0.497 e. The highest BCUT2D eigenvalue weighted by Crippen LogP contribution is 2.23. The smallest absolute Gasteiger partial charge is 0.251 e. The number of rotatable bonds is 4. The number of fused-ring (bicyclic) bond motifs is 1. The maximum absolute atomic E-state index is 12.3. The Bertz CT molecular complexity index is 738. The van der Waals surface area contributed by atoms with Crippen LogP contribution >= 0.6 is 0 Å². The van der Waals surface area contributed by atoms with Crippen LogP contribution in [0.4, 0.5) is 5.69 Å². The minimum atomic E-state index is -0.125. The first-order valence-corrected chi connectivity index (χ1v) is 7.49. The Kier molecular flexibility index (Phi) is 4.28. The molecule has 5 heteroatoms. The molecule has 2 aromatic carbocycles. The molecule has 0 atom stereocenters. The summed E-state index contributed by atoms with van der Waals surface area (Å²) in [4.78, 5) is 23.6. The average molecular weight is 310 g/mol. The molecular formula is C18H18N2O3. The van der Waals surface area contributed by atoms with Gasteiger partial charge in [-0.15, -0.1) is 0 Å². The number of hydrogen-bond donors (Lipinski definition) is 2. The summed E-state index contributed by atoms with van der Waals surface area (Å²) in [6.07, 6.45) is 1.13. The van der Waals surface area contributed by atoms with E-state index in [1.165, 1.54) is 0 Å². The van der Waals surface area contributed by atoms with Crippen molar-refractivity contribution in [1.29, 1.82) is 0 Å². The molecule has 1 aliphatic rings. The minimum absolute atomic E-state index is 0.0224. The van der Waals surface area contributed by atoms with E-state index in [0.717, 1.165) is 22.6 Å². The SMILES string of the molecule is COc1ccc(CNC(=O)c2ccc3c(c2)CCC(=O)N3)cc1. The third kappa shape index (κ3) is 3.51. The van der Waals surface area contributed by atoms with Crippen LogP contribution in [0.3, 0.4) is 0 Å². The molecule has 0 unspecified atom stereocenters. The van der Waals surface area contributed by atoms with Crippen molar-refractivity contribution in [3.63, 3.8) is 0 Å². The standard InChI is InChI=1S/C18H18N2O3/c1-23-15-6-2-12(3-7-15)11-19-18(22)14-4-8-16-13(10-14)5-9-17(21)20-16/h2-4,6-8,10H,5,9,11H2,1H3,(H,19,22)(H,20,21). The Morgan fingerprint density at radius 3 is 2.70 bits per heavy atom. The number of nitrogens with one attached hydrogen (secondary N) is 2. The van der Waals surface area contributed by atoms with Crippen molar-refractivity contribution in [2.45, 2.75) is 19.4 Å². The lowest BCUT2D eigenvalue weighted by Gasteiger charge is -2.17. The Labute approximate surface area is 134 Å². The number of amides is 2. The summed E-state index contributed by atoms with van der Waals surface area (Å²) < 4.78 is 5.11. The zero-order chi connectivity index (χ0) is 16.2. The zero-order valence-corrected chi connectivity index (χ0v) is 12.9. The van der Waals surface area contributed by atoms with Gasteiger partial charge in [0.1, 0.15) is 5.75 Å². The zero-order valence-electron chi connectivity index (χ0n) is 12.9. The lowest BCUT2D eigenvalue weighted by molar-refractivity contribution is -0.116. The van der Waals surface area contributed by atoms with Crippen LogP contribution < -0.4 is 15.4 Å². The molecule has 23 heavy (non-hydrogen) atoms. The molecule has 118 valence electrons. The van der Waals surface area contributed by atoms with Crippen molar-refractivity contribution >= 4 is 17.5 Å². The van der Waals surface area contributed by atoms with E-state index in [1.807, 2.05) is 30.3 Å². The van der Waals surface area contributed by atoms with Gasteiger partial charge in [0.15, 0.2) is 0 Å². The molecule has 1 aliphatic heterocycles. The maximum Gasteiger partial charge on any atom is 0.251 e. The van der Waals surface area contributed by atoms with Crippen molar-refractivity contribution in [2.24, 2.45) is 0 Å². The molecule has 2 aromatic rings. The van der Waals surface area contributed by atoms with Crippen LogP contribution in [0.15, 0.2) is 42.5 Å². The van der Waals surface area contributed by atoms with Gasteiger partial charge in [0.05, 0.1) is 7.11 Å². The molecule has 2 amide bonds. The summed E-state index contributed by atoms with van der Waals surface area (Å²) in [5.41, 5.74) is 3.41. The quantitative estimate of drug-likeness (QED) is 0.912. The summed E-state index contributed by atoms with van der Waals surface area (Å²) in [5, 5.41) is 5.71. The van der Waals surface area contributed by atoms with Crippen LogP contribution in [0.1, 0.15) is 27.9 Å². The first-order chi connectivity index (χ1) is 11.2. The van der Waals surface area contributed by atoms with Gasteiger partial charge in [-0.2, -0.15) is 0 Å². The van der Waals surface area contributed by atoms with Crippen LogP contribution in [-0.2, 0) is 17.8 Å². The molecule has 0 aromatic heterocycles. The van der Waals surface area contributed by atoms with Crippen LogP contribution in [0, 0.1) is 0 Å². The van der Waals surface area contributed by atoms with E-state index < -0.39 is 0 Å². The highest BCUT2D eigenvalue weighted by molar-refractivity contribution is 5.97. The molecule has 5 nitrogen and oxygen atoms in total. The maximum atomic E-state index is 12.3. The fraction of sp³-hybridized carbons (Fsp3) is 0.222. The van der Waals surface area contributed by atoms with Crippen molar-refractivity contribution < 1.29 is 14.3 Å². The summed E-state index contributed by atoms with van der Waals surface area (Å²) in [6, 6.07) is 12.9. The molecule has 2 N–H and O–H groups in total. The molecule has 3 rings (SSSR count). The summed E-state index contributed by atoms with van der Waals surface area (Å²) in [5.74, 6) is 0.687. The topological polar surface area (TPSA) is 67.4 Å². The number of ether oxygens (including phenoxy) is 1.